The minimum atomic E-state index is -1.70. The summed E-state index contributed by atoms with van der Waals surface area (Å²) in [5.74, 6) is -8.36. The minimum absolute atomic E-state index is 0.00448. The van der Waals surface area contributed by atoms with Crippen molar-refractivity contribution >= 4 is 59.3 Å². The number of rotatable bonds is 29. The van der Waals surface area contributed by atoms with Gasteiger partial charge in [0.05, 0.1) is 12.5 Å². The van der Waals surface area contributed by atoms with Gasteiger partial charge in [-0.15, -0.1) is 0 Å². The third kappa shape index (κ3) is 23.7. The zero-order valence-electron chi connectivity index (χ0n) is 32.8. The molecule has 0 radical (unpaired) electrons. The zero-order valence-corrected chi connectivity index (χ0v) is 32.8. The average Bonchev–Trinajstić information content (AvgIpc) is 3.11. The molecule has 0 aliphatic carbocycles. The molecule has 0 heterocycles. The second kappa shape index (κ2) is 27.7. The highest BCUT2D eigenvalue weighted by molar-refractivity contribution is 5.97. The number of aliphatic carboxylic acids is 2. The number of carboxylic acid groups (broad SMARTS) is 2. The van der Waals surface area contributed by atoms with Crippen molar-refractivity contribution in [3.05, 3.63) is 0 Å². The van der Waals surface area contributed by atoms with E-state index in [9.17, 15) is 43.5 Å². The summed E-state index contributed by atoms with van der Waals surface area (Å²) in [6.45, 7) is 4.68. The number of hydrogen-bond acceptors (Lipinski definition) is 12. The van der Waals surface area contributed by atoms with E-state index >= 15 is 0 Å². The molecule has 20 N–H and O–H groups in total. The van der Waals surface area contributed by atoms with Crippen LogP contribution in [0.4, 0.5) is 0 Å². The third-order valence-corrected chi connectivity index (χ3v) is 7.98. The lowest BCUT2D eigenvalue weighted by atomic mass is 10.0. The number of carbonyl (C=O) groups is 8. The van der Waals surface area contributed by atoms with Gasteiger partial charge in [-0.3, -0.25) is 48.3 Å². The van der Waals surface area contributed by atoms with Crippen molar-refractivity contribution in [2.75, 3.05) is 26.2 Å². The quantitative estimate of drug-likeness (QED) is 0.0190. The SMILES string of the molecule is CC(C)C[C@H](NC(=O)[C@H](C)NC(=O)[C@H](CC(=O)O)NC(=O)[C@H](CCCCN)NC(=O)[C@@H](N)CCCN=C(N)N)C(=O)N[C@@H](CCCN=C(N)N)C(=O)NCC(=O)O. The summed E-state index contributed by atoms with van der Waals surface area (Å²) >= 11 is 0. The van der Waals surface area contributed by atoms with E-state index in [4.69, 9.17) is 39.5 Å². The molecule has 0 spiro atoms. The highest BCUT2D eigenvalue weighted by Crippen LogP contribution is 2.09. The minimum Gasteiger partial charge on any atom is -0.481 e. The number of nitrogens with zero attached hydrogens (tertiary/aromatic N) is 2. The lowest BCUT2D eigenvalue weighted by Crippen LogP contribution is -2.59. The van der Waals surface area contributed by atoms with Crippen LogP contribution in [0.15, 0.2) is 9.98 Å². The third-order valence-electron chi connectivity index (χ3n) is 7.98. The monoisotopic (exact) mass is 814 g/mol. The van der Waals surface area contributed by atoms with E-state index in [1.807, 2.05) is 0 Å². The van der Waals surface area contributed by atoms with Gasteiger partial charge in [0.15, 0.2) is 11.9 Å². The van der Waals surface area contributed by atoms with Gasteiger partial charge in [-0.25, -0.2) is 0 Å². The van der Waals surface area contributed by atoms with Gasteiger partial charge in [0.1, 0.15) is 36.8 Å². The number of amides is 6. The maximum absolute atomic E-state index is 13.4. The van der Waals surface area contributed by atoms with E-state index in [2.05, 4.69) is 41.9 Å². The number of carbonyl (C=O) groups excluding carboxylic acids is 6. The fraction of sp³-hybridized carbons (Fsp3) is 0.697. The van der Waals surface area contributed by atoms with E-state index in [1.54, 1.807) is 13.8 Å². The standard InChI is InChI=1S/C33H62N14O10/c1-17(2)14-22(31(57)45-20(10-7-13-41-33(38)39)28(54)42-16-25(50)51)46-26(52)18(3)43-30(56)23(15-24(48)49)47-29(55)21(9-4-5-11-34)44-27(53)19(35)8-6-12-40-32(36)37/h17-23H,4-16,34-35H2,1-3H3,(H,42,54)(H,43,56)(H,44,53)(H,45,57)(H,46,52)(H,47,55)(H,48,49)(H,50,51)(H4,36,37,40)(H4,38,39,41)/t18-,19-,20-,21-,22-,23-/m0/s1. The first-order valence-electron chi connectivity index (χ1n) is 18.5. The number of unbranched alkanes of at least 4 members (excludes halogenated alkanes) is 1. The molecule has 0 saturated carbocycles. The molecule has 0 saturated heterocycles. The summed E-state index contributed by atoms with van der Waals surface area (Å²) in [6, 6.07) is -7.82. The topological polar surface area (TPSA) is 430 Å². The van der Waals surface area contributed by atoms with Gasteiger partial charge < -0.3 is 76.5 Å². The van der Waals surface area contributed by atoms with Crippen molar-refractivity contribution in [2.24, 2.45) is 50.3 Å². The smallest absolute Gasteiger partial charge is 0.322 e. The molecule has 0 aliphatic rings. The Balaban J connectivity index is 5.91. The van der Waals surface area contributed by atoms with Gasteiger partial charge in [-0.2, -0.15) is 0 Å². The van der Waals surface area contributed by atoms with Crippen LogP contribution in [0.5, 0.6) is 0 Å². The fourth-order valence-corrected chi connectivity index (χ4v) is 5.06. The van der Waals surface area contributed by atoms with Crippen molar-refractivity contribution in [2.45, 2.75) is 115 Å². The highest BCUT2D eigenvalue weighted by Gasteiger charge is 2.33. The highest BCUT2D eigenvalue weighted by atomic mass is 16.4. The lowest BCUT2D eigenvalue weighted by molar-refractivity contribution is -0.141. The van der Waals surface area contributed by atoms with Crippen molar-refractivity contribution in [3.63, 3.8) is 0 Å². The normalized spacial score (nSPS) is 13.9. The first-order chi connectivity index (χ1) is 26.7. The molecule has 324 valence electrons. The number of aliphatic imine (C=N–C) groups is 2. The van der Waals surface area contributed by atoms with Gasteiger partial charge >= 0.3 is 11.9 Å². The van der Waals surface area contributed by atoms with Crippen LogP contribution in [0.25, 0.3) is 0 Å². The maximum Gasteiger partial charge on any atom is 0.322 e. The van der Waals surface area contributed by atoms with Crippen LogP contribution in [0, 0.1) is 5.92 Å². The van der Waals surface area contributed by atoms with E-state index < -0.39 is 96.6 Å². The molecule has 24 heteroatoms. The molecule has 0 bridgehead atoms. The lowest BCUT2D eigenvalue weighted by Gasteiger charge is -2.26. The van der Waals surface area contributed by atoms with E-state index in [-0.39, 0.29) is 63.0 Å². The van der Waals surface area contributed by atoms with E-state index in [1.165, 1.54) is 6.92 Å². The largest absolute Gasteiger partial charge is 0.481 e. The van der Waals surface area contributed by atoms with Crippen molar-refractivity contribution < 1.29 is 48.6 Å². The Hall–Kier alpha value is -5.78. The zero-order chi connectivity index (χ0) is 43.7. The summed E-state index contributed by atoms with van der Waals surface area (Å²) < 4.78 is 0. The molecule has 0 rings (SSSR count). The van der Waals surface area contributed by atoms with Crippen LogP contribution in [-0.2, 0) is 38.4 Å². The average molecular weight is 815 g/mol. The Bertz CT molecular complexity index is 1420. The Morgan fingerprint density at radius 2 is 1.04 bits per heavy atom. The molecular weight excluding hydrogens is 752 g/mol. The Labute approximate surface area is 330 Å². The second-order valence-corrected chi connectivity index (χ2v) is 13.6. The van der Waals surface area contributed by atoms with E-state index in [0.717, 1.165) is 0 Å². The molecule has 0 aliphatic heterocycles. The van der Waals surface area contributed by atoms with E-state index in [0.29, 0.717) is 25.8 Å². The van der Waals surface area contributed by atoms with Gasteiger partial charge in [0.2, 0.25) is 35.4 Å². The first-order valence-corrected chi connectivity index (χ1v) is 18.5. The van der Waals surface area contributed by atoms with Crippen LogP contribution < -0.4 is 66.3 Å². The van der Waals surface area contributed by atoms with Gasteiger partial charge in [-0.05, 0) is 70.8 Å². The number of nitrogens with one attached hydrogen (secondary N) is 6. The van der Waals surface area contributed by atoms with Crippen molar-refractivity contribution in [1.29, 1.82) is 0 Å². The molecule has 6 amide bonds. The van der Waals surface area contributed by atoms with Crippen LogP contribution >= 0.6 is 0 Å². The molecule has 6 atom stereocenters. The van der Waals surface area contributed by atoms with Crippen LogP contribution in [0.1, 0.15) is 78.6 Å². The molecule has 24 nitrogen and oxygen atoms in total. The maximum atomic E-state index is 13.4. The Kier molecular flexibility index (Phi) is 24.9. The number of guanidine groups is 2. The predicted octanol–water partition coefficient (Wildman–Crippen LogP) is -5.28. The molecular formula is C33H62N14O10. The molecule has 0 unspecified atom stereocenters. The van der Waals surface area contributed by atoms with Crippen molar-refractivity contribution in [3.8, 4) is 0 Å². The molecule has 0 aromatic heterocycles. The van der Waals surface area contributed by atoms with Crippen LogP contribution in [0.3, 0.4) is 0 Å². The van der Waals surface area contributed by atoms with Crippen molar-refractivity contribution in [1.82, 2.24) is 31.9 Å². The summed E-state index contributed by atoms with van der Waals surface area (Å²) in [6.07, 6.45) is 0.891. The van der Waals surface area contributed by atoms with Crippen LogP contribution in [-0.4, -0.2) is 132 Å². The molecule has 0 aromatic rings. The van der Waals surface area contributed by atoms with Gasteiger partial charge in [0, 0.05) is 13.1 Å². The Morgan fingerprint density at radius 1 is 0.561 bits per heavy atom. The molecule has 57 heavy (non-hydrogen) atoms. The summed E-state index contributed by atoms with van der Waals surface area (Å²) in [5.41, 5.74) is 32.8. The number of hydrogen-bond donors (Lipinski definition) is 14. The first kappa shape index (κ1) is 51.2. The van der Waals surface area contributed by atoms with Crippen LogP contribution in [0.2, 0.25) is 0 Å². The van der Waals surface area contributed by atoms with Gasteiger partial charge in [-0.1, -0.05) is 13.8 Å². The predicted molar refractivity (Wildman–Crippen MR) is 208 cm³/mol. The summed E-state index contributed by atoms with van der Waals surface area (Å²) in [4.78, 5) is 109. The summed E-state index contributed by atoms with van der Waals surface area (Å²) in [5, 5.41) is 32.9. The fourth-order valence-electron chi connectivity index (χ4n) is 5.06. The number of carboxylic acids is 2. The second-order valence-electron chi connectivity index (χ2n) is 13.6. The Morgan fingerprint density at radius 3 is 1.56 bits per heavy atom. The van der Waals surface area contributed by atoms with Gasteiger partial charge in [0.25, 0.3) is 0 Å². The number of nitrogens with two attached hydrogens (primary N) is 6. The molecule has 0 fully saturated rings. The molecule has 0 aromatic carbocycles. The summed E-state index contributed by atoms with van der Waals surface area (Å²) in [7, 11) is 0.